The molecule has 0 fully saturated rings. The van der Waals surface area contributed by atoms with Crippen LogP contribution in [0, 0.1) is 13.8 Å². The quantitative estimate of drug-likeness (QED) is 0.512. The summed E-state index contributed by atoms with van der Waals surface area (Å²) in [5, 5.41) is 29.7. The highest BCUT2D eigenvalue weighted by Gasteiger charge is 2.31. The molecule has 3 aromatic rings. The van der Waals surface area contributed by atoms with Crippen LogP contribution in [0.2, 0.25) is 0 Å². The van der Waals surface area contributed by atoms with E-state index >= 15 is 0 Å². The van der Waals surface area contributed by atoms with Gasteiger partial charge in [-0.25, -0.2) is 4.79 Å². The Kier molecular flexibility index (Phi) is 5.61. The van der Waals surface area contributed by atoms with E-state index < -0.39 is 11.9 Å². The van der Waals surface area contributed by atoms with Crippen molar-refractivity contribution < 1.29 is 19.8 Å². The number of amides is 1. The lowest BCUT2D eigenvalue weighted by Crippen LogP contribution is -2.28. The zero-order valence-electron chi connectivity index (χ0n) is 18.2. The number of hydrogen-bond donors (Lipinski definition) is 3. The van der Waals surface area contributed by atoms with Gasteiger partial charge in [0.05, 0.1) is 23.2 Å². The van der Waals surface area contributed by atoms with E-state index in [-0.39, 0.29) is 22.7 Å². The van der Waals surface area contributed by atoms with Gasteiger partial charge in [-0.15, -0.1) is 0 Å². The summed E-state index contributed by atoms with van der Waals surface area (Å²) in [6.07, 6.45) is 2.78. The number of aromatic carboxylic acids is 1. The van der Waals surface area contributed by atoms with Crippen molar-refractivity contribution in [1.29, 1.82) is 0 Å². The molecule has 1 aliphatic heterocycles. The van der Waals surface area contributed by atoms with Crippen molar-refractivity contribution in [2.45, 2.75) is 20.8 Å². The predicted octanol–water partition coefficient (Wildman–Crippen LogP) is 3.96. The molecule has 4 rings (SSSR count). The van der Waals surface area contributed by atoms with Crippen molar-refractivity contribution in [3.05, 3.63) is 71.5 Å². The number of carbonyl (C=O) groups excluding carboxylic acids is 1. The number of rotatable bonds is 5. The Bertz CT molecular complexity index is 1350. The fourth-order valence-corrected chi connectivity index (χ4v) is 3.34. The van der Waals surface area contributed by atoms with E-state index in [2.05, 4.69) is 20.6 Å². The summed E-state index contributed by atoms with van der Waals surface area (Å²) < 4.78 is 0. The molecule has 0 spiro atoms. The van der Waals surface area contributed by atoms with Crippen molar-refractivity contribution in [1.82, 2.24) is 4.98 Å². The highest BCUT2D eigenvalue weighted by molar-refractivity contribution is 6.71. The number of aryl methyl sites for hydroxylation is 2. The molecule has 0 saturated heterocycles. The smallest absolute Gasteiger partial charge is 0.335 e. The molecule has 1 amide bonds. The highest BCUT2D eigenvalue weighted by atomic mass is 16.4. The SMILES string of the molecule is CC1=NN(c2ccc(C)c(C)c2)C(=O)/C1=N\Nc1cncc(-c2cccc(C(=O)O)c2)c1O. The average Bonchev–Trinajstić information content (AvgIpc) is 3.08. The molecule has 0 radical (unpaired) electrons. The Labute approximate surface area is 189 Å². The molecular weight excluding hydrogens is 422 g/mol. The first kappa shape index (κ1) is 21.7. The van der Waals surface area contributed by atoms with Crippen molar-refractivity contribution in [3.8, 4) is 16.9 Å². The third kappa shape index (κ3) is 4.16. The second kappa shape index (κ2) is 8.54. The molecule has 0 aliphatic carbocycles. The summed E-state index contributed by atoms with van der Waals surface area (Å²) in [6.45, 7) is 5.62. The van der Waals surface area contributed by atoms with Crippen molar-refractivity contribution in [3.63, 3.8) is 0 Å². The van der Waals surface area contributed by atoms with Crippen LogP contribution < -0.4 is 10.4 Å². The molecule has 0 atom stereocenters. The second-order valence-electron chi connectivity index (χ2n) is 7.61. The van der Waals surface area contributed by atoms with Gasteiger partial charge in [-0.2, -0.15) is 15.2 Å². The highest BCUT2D eigenvalue weighted by Crippen LogP contribution is 2.35. The first-order valence-corrected chi connectivity index (χ1v) is 10.1. The number of nitrogens with one attached hydrogen (secondary N) is 1. The number of benzene rings is 2. The second-order valence-corrected chi connectivity index (χ2v) is 7.61. The van der Waals surface area contributed by atoms with Crippen LogP contribution in [-0.4, -0.2) is 38.5 Å². The fraction of sp³-hybridized carbons (Fsp3) is 0.125. The summed E-state index contributed by atoms with van der Waals surface area (Å²) in [5.41, 5.74) is 7.04. The Morgan fingerprint density at radius 2 is 1.85 bits per heavy atom. The van der Waals surface area contributed by atoms with Crippen molar-refractivity contribution in [2.75, 3.05) is 10.4 Å². The average molecular weight is 443 g/mol. The first-order valence-electron chi connectivity index (χ1n) is 10.1. The van der Waals surface area contributed by atoms with Gasteiger partial charge in [-0.05, 0) is 61.7 Å². The van der Waals surface area contributed by atoms with E-state index in [9.17, 15) is 19.8 Å². The number of carboxylic acids is 1. The Balaban J connectivity index is 1.61. The van der Waals surface area contributed by atoms with Crippen LogP contribution in [0.15, 0.2) is 65.1 Å². The van der Waals surface area contributed by atoms with Gasteiger partial charge in [0.2, 0.25) is 0 Å². The van der Waals surface area contributed by atoms with E-state index in [0.29, 0.717) is 22.5 Å². The lowest BCUT2D eigenvalue weighted by Gasteiger charge is -2.13. The Morgan fingerprint density at radius 1 is 1.06 bits per heavy atom. The number of carboxylic acid groups (broad SMARTS) is 1. The van der Waals surface area contributed by atoms with Crippen LogP contribution in [0.5, 0.6) is 5.75 Å². The Hall–Kier alpha value is -4.53. The molecule has 0 saturated carbocycles. The lowest BCUT2D eigenvalue weighted by molar-refractivity contribution is -0.112. The minimum atomic E-state index is -1.08. The van der Waals surface area contributed by atoms with Gasteiger partial charge >= 0.3 is 11.9 Å². The van der Waals surface area contributed by atoms with Crippen LogP contribution in [-0.2, 0) is 4.79 Å². The van der Waals surface area contributed by atoms with Gasteiger partial charge in [-0.1, -0.05) is 18.2 Å². The zero-order chi connectivity index (χ0) is 23.7. The predicted molar refractivity (Wildman–Crippen MR) is 126 cm³/mol. The van der Waals surface area contributed by atoms with Crippen LogP contribution >= 0.6 is 0 Å². The number of carbonyl (C=O) groups is 2. The number of pyridine rings is 1. The molecular formula is C24H21N5O4. The summed E-state index contributed by atoms with van der Waals surface area (Å²) >= 11 is 0. The molecule has 2 aromatic carbocycles. The molecule has 166 valence electrons. The third-order valence-electron chi connectivity index (χ3n) is 5.35. The van der Waals surface area contributed by atoms with Crippen LogP contribution in [0.4, 0.5) is 11.4 Å². The standard InChI is InChI=1S/C24H21N5O4/c1-13-7-8-18(9-14(13)2)29-23(31)21(15(3)28-29)27-26-20-12-25-11-19(22(20)30)16-5-4-6-17(10-16)24(32)33/h4-12,26H,1-3H3,(H,25,30)(H,32,33)/b27-21-. The summed E-state index contributed by atoms with van der Waals surface area (Å²) in [7, 11) is 0. The van der Waals surface area contributed by atoms with Gasteiger partial charge in [0.25, 0.3) is 0 Å². The maximum absolute atomic E-state index is 12.9. The van der Waals surface area contributed by atoms with E-state index in [1.807, 2.05) is 32.0 Å². The molecule has 9 nitrogen and oxygen atoms in total. The molecule has 1 aliphatic rings. The van der Waals surface area contributed by atoms with Gasteiger partial charge in [0.15, 0.2) is 11.5 Å². The minimum absolute atomic E-state index is 0.0836. The van der Waals surface area contributed by atoms with Gasteiger partial charge < -0.3 is 10.2 Å². The molecule has 33 heavy (non-hydrogen) atoms. The van der Waals surface area contributed by atoms with Crippen molar-refractivity contribution in [2.24, 2.45) is 10.2 Å². The number of hydrazone groups is 2. The number of hydrogen-bond acceptors (Lipinski definition) is 7. The maximum Gasteiger partial charge on any atom is 0.335 e. The van der Waals surface area contributed by atoms with E-state index in [1.54, 1.807) is 19.1 Å². The lowest BCUT2D eigenvalue weighted by atomic mass is 10.0. The molecule has 9 heteroatoms. The van der Waals surface area contributed by atoms with Gasteiger partial charge in [-0.3, -0.25) is 15.2 Å². The van der Waals surface area contributed by atoms with Gasteiger partial charge in [0.1, 0.15) is 5.69 Å². The first-order chi connectivity index (χ1) is 15.8. The Morgan fingerprint density at radius 3 is 2.58 bits per heavy atom. The summed E-state index contributed by atoms with van der Waals surface area (Å²) in [4.78, 5) is 28.3. The topological polar surface area (TPSA) is 127 Å². The zero-order valence-corrected chi connectivity index (χ0v) is 18.2. The largest absolute Gasteiger partial charge is 0.505 e. The molecule has 0 bridgehead atoms. The van der Waals surface area contributed by atoms with E-state index in [1.165, 1.54) is 29.5 Å². The summed E-state index contributed by atoms with van der Waals surface area (Å²) in [5.74, 6) is -1.66. The normalized spacial score (nSPS) is 14.5. The minimum Gasteiger partial charge on any atom is -0.505 e. The van der Waals surface area contributed by atoms with Crippen LogP contribution in [0.25, 0.3) is 11.1 Å². The van der Waals surface area contributed by atoms with E-state index in [4.69, 9.17) is 0 Å². The molecule has 3 N–H and O–H groups in total. The number of aromatic hydroxyl groups is 1. The number of anilines is 2. The number of aromatic nitrogens is 1. The van der Waals surface area contributed by atoms with Crippen molar-refractivity contribution >= 4 is 34.7 Å². The maximum atomic E-state index is 12.9. The number of nitrogens with zero attached hydrogens (tertiary/aromatic N) is 4. The van der Waals surface area contributed by atoms with Gasteiger partial charge in [0, 0.05) is 11.8 Å². The van der Waals surface area contributed by atoms with E-state index in [0.717, 1.165) is 11.1 Å². The monoisotopic (exact) mass is 443 g/mol. The summed E-state index contributed by atoms with van der Waals surface area (Å²) in [6, 6.07) is 11.8. The van der Waals surface area contributed by atoms with Crippen LogP contribution in [0.1, 0.15) is 28.4 Å². The molecule has 1 aromatic heterocycles. The van der Waals surface area contributed by atoms with Crippen LogP contribution in [0.3, 0.4) is 0 Å². The molecule has 2 heterocycles. The molecule has 0 unspecified atom stereocenters. The fourth-order valence-electron chi connectivity index (χ4n) is 3.34. The third-order valence-corrected chi connectivity index (χ3v) is 5.35.